The van der Waals surface area contributed by atoms with Crippen molar-refractivity contribution in [2.45, 2.75) is 26.8 Å². The molecule has 0 fully saturated rings. The maximum absolute atomic E-state index is 12.0. The Morgan fingerprint density at radius 2 is 1.79 bits per heavy atom. The molecule has 0 heterocycles. The summed E-state index contributed by atoms with van der Waals surface area (Å²) in [4.78, 5) is 16.2. The molecule has 0 aliphatic heterocycles. The lowest BCUT2D eigenvalue weighted by molar-refractivity contribution is 0.0953. The highest BCUT2D eigenvalue weighted by Gasteiger charge is 2.06. The fourth-order valence-corrected chi connectivity index (χ4v) is 2.69. The molecule has 0 saturated heterocycles. The van der Waals surface area contributed by atoms with E-state index in [9.17, 15) is 4.79 Å². The van der Waals surface area contributed by atoms with E-state index >= 15 is 0 Å². The molecule has 0 bridgehead atoms. The Labute approximate surface area is 167 Å². The van der Waals surface area contributed by atoms with Crippen molar-refractivity contribution < 1.29 is 9.53 Å². The monoisotopic (exact) mass is 382 g/mol. The highest BCUT2D eigenvalue weighted by molar-refractivity contribution is 5.94. The van der Waals surface area contributed by atoms with E-state index in [1.807, 2.05) is 31.2 Å². The van der Waals surface area contributed by atoms with Crippen molar-refractivity contribution in [3.63, 3.8) is 0 Å². The summed E-state index contributed by atoms with van der Waals surface area (Å²) in [5.41, 5.74) is 2.94. The molecule has 0 radical (unpaired) electrons. The standard InChI is InChI=1S/C22H30N4O2/c1-4-28-20-15-17(2)11-12-19(20)16-26-22(23-3)25-14-8-13-24-21(27)18-9-6-5-7-10-18/h5-7,9-12,15H,4,8,13-14,16H2,1-3H3,(H,24,27)(H2,23,25,26). The van der Waals surface area contributed by atoms with Crippen molar-refractivity contribution in [3.05, 3.63) is 65.2 Å². The summed E-state index contributed by atoms with van der Waals surface area (Å²) in [6.07, 6.45) is 0.800. The SMILES string of the molecule is CCOc1cc(C)ccc1CNC(=NC)NCCCNC(=O)c1ccccc1. The Bertz CT molecular complexity index is 775. The van der Waals surface area contributed by atoms with Crippen molar-refractivity contribution in [2.24, 2.45) is 4.99 Å². The lowest BCUT2D eigenvalue weighted by atomic mass is 10.1. The molecule has 0 aromatic heterocycles. The van der Waals surface area contributed by atoms with Crippen LogP contribution in [0.3, 0.4) is 0 Å². The molecule has 150 valence electrons. The van der Waals surface area contributed by atoms with E-state index in [2.05, 4.69) is 40.0 Å². The molecule has 0 spiro atoms. The van der Waals surface area contributed by atoms with Gasteiger partial charge in [-0.15, -0.1) is 0 Å². The normalized spacial score (nSPS) is 11.0. The first-order chi connectivity index (χ1) is 13.6. The molecule has 0 atom stereocenters. The number of amides is 1. The quantitative estimate of drug-likeness (QED) is 0.354. The highest BCUT2D eigenvalue weighted by Crippen LogP contribution is 2.20. The van der Waals surface area contributed by atoms with Gasteiger partial charge in [0.05, 0.1) is 6.61 Å². The van der Waals surface area contributed by atoms with Crippen LogP contribution in [0.1, 0.15) is 34.8 Å². The van der Waals surface area contributed by atoms with Crippen LogP contribution in [0.5, 0.6) is 5.75 Å². The van der Waals surface area contributed by atoms with Gasteiger partial charge in [0.15, 0.2) is 5.96 Å². The Balaban J connectivity index is 1.71. The summed E-state index contributed by atoms with van der Waals surface area (Å²) in [5.74, 6) is 1.57. The van der Waals surface area contributed by atoms with Gasteiger partial charge in [0, 0.05) is 37.8 Å². The number of ether oxygens (including phenoxy) is 1. The Morgan fingerprint density at radius 3 is 2.50 bits per heavy atom. The lowest BCUT2D eigenvalue weighted by Crippen LogP contribution is -2.38. The van der Waals surface area contributed by atoms with E-state index in [4.69, 9.17) is 4.74 Å². The molecule has 28 heavy (non-hydrogen) atoms. The van der Waals surface area contributed by atoms with Crippen molar-refractivity contribution >= 4 is 11.9 Å². The average molecular weight is 383 g/mol. The van der Waals surface area contributed by atoms with Gasteiger partial charge < -0.3 is 20.7 Å². The van der Waals surface area contributed by atoms with E-state index in [0.717, 1.165) is 23.7 Å². The molecular formula is C22H30N4O2. The molecule has 6 heteroatoms. The third kappa shape index (κ3) is 6.95. The van der Waals surface area contributed by atoms with Gasteiger partial charge in [-0.25, -0.2) is 0 Å². The van der Waals surface area contributed by atoms with Crippen LogP contribution < -0.4 is 20.7 Å². The number of hydrogen-bond acceptors (Lipinski definition) is 3. The predicted octanol–water partition coefficient (Wildman–Crippen LogP) is 2.88. The fraction of sp³-hybridized carbons (Fsp3) is 0.364. The smallest absolute Gasteiger partial charge is 0.251 e. The zero-order chi connectivity index (χ0) is 20.2. The number of nitrogens with one attached hydrogen (secondary N) is 3. The molecule has 0 aliphatic rings. The van der Waals surface area contributed by atoms with E-state index in [-0.39, 0.29) is 5.91 Å². The number of aryl methyl sites for hydroxylation is 1. The van der Waals surface area contributed by atoms with Gasteiger partial charge in [0.2, 0.25) is 0 Å². The van der Waals surface area contributed by atoms with Crippen LogP contribution in [-0.2, 0) is 6.54 Å². The van der Waals surface area contributed by atoms with E-state index in [1.54, 1.807) is 19.2 Å². The van der Waals surface area contributed by atoms with Crippen molar-refractivity contribution in [1.82, 2.24) is 16.0 Å². The molecular weight excluding hydrogens is 352 g/mol. The molecule has 2 aromatic carbocycles. The number of carbonyl (C=O) groups excluding carboxylic acids is 1. The van der Waals surface area contributed by atoms with Gasteiger partial charge in [-0.05, 0) is 44.0 Å². The topological polar surface area (TPSA) is 74.8 Å². The van der Waals surface area contributed by atoms with Crippen LogP contribution >= 0.6 is 0 Å². The summed E-state index contributed by atoms with van der Waals surface area (Å²) in [6.45, 7) is 6.61. The van der Waals surface area contributed by atoms with Gasteiger partial charge in [0.1, 0.15) is 5.75 Å². The second-order valence-electron chi connectivity index (χ2n) is 6.37. The van der Waals surface area contributed by atoms with Crippen molar-refractivity contribution in [3.8, 4) is 5.75 Å². The van der Waals surface area contributed by atoms with E-state index < -0.39 is 0 Å². The maximum atomic E-state index is 12.0. The molecule has 0 aliphatic carbocycles. The summed E-state index contributed by atoms with van der Waals surface area (Å²) in [5, 5.41) is 9.48. The Kier molecular flexibility index (Phi) is 8.85. The van der Waals surface area contributed by atoms with Gasteiger partial charge >= 0.3 is 0 Å². The molecule has 1 amide bonds. The first-order valence-electron chi connectivity index (χ1n) is 9.64. The number of hydrogen-bond donors (Lipinski definition) is 3. The highest BCUT2D eigenvalue weighted by atomic mass is 16.5. The minimum atomic E-state index is -0.0501. The molecule has 6 nitrogen and oxygen atoms in total. The third-order valence-corrected chi connectivity index (χ3v) is 4.16. The van der Waals surface area contributed by atoms with Crippen LogP contribution in [0.2, 0.25) is 0 Å². The average Bonchev–Trinajstić information content (AvgIpc) is 2.72. The Hall–Kier alpha value is -3.02. The first-order valence-corrected chi connectivity index (χ1v) is 9.64. The van der Waals surface area contributed by atoms with Crippen LogP contribution in [0, 0.1) is 6.92 Å². The largest absolute Gasteiger partial charge is 0.494 e. The number of rotatable bonds is 9. The molecule has 2 rings (SSSR count). The zero-order valence-electron chi connectivity index (χ0n) is 16.9. The first kappa shape index (κ1) is 21.3. The number of carbonyl (C=O) groups is 1. The van der Waals surface area contributed by atoms with Gasteiger partial charge in [-0.2, -0.15) is 0 Å². The summed E-state index contributed by atoms with van der Waals surface area (Å²) in [6, 6.07) is 15.4. The minimum Gasteiger partial charge on any atom is -0.494 e. The minimum absolute atomic E-state index is 0.0501. The van der Waals surface area contributed by atoms with Crippen LogP contribution in [0.25, 0.3) is 0 Å². The molecule has 3 N–H and O–H groups in total. The van der Waals surface area contributed by atoms with Gasteiger partial charge in [-0.1, -0.05) is 30.3 Å². The van der Waals surface area contributed by atoms with E-state index in [0.29, 0.717) is 31.8 Å². The number of aliphatic imine (C=N–C) groups is 1. The van der Waals surface area contributed by atoms with Crippen molar-refractivity contribution in [1.29, 1.82) is 0 Å². The van der Waals surface area contributed by atoms with Crippen LogP contribution in [0.4, 0.5) is 0 Å². The molecule has 0 unspecified atom stereocenters. The second-order valence-corrected chi connectivity index (χ2v) is 6.37. The Morgan fingerprint density at radius 1 is 1.04 bits per heavy atom. The molecule has 0 saturated carbocycles. The van der Waals surface area contributed by atoms with Crippen LogP contribution in [0.15, 0.2) is 53.5 Å². The van der Waals surface area contributed by atoms with Crippen LogP contribution in [-0.4, -0.2) is 38.6 Å². The summed E-state index contributed by atoms with van der Waals surface area (Å²) in [7, 11) is 1.74. The summed E-state index contributed by atoms with van der Waals surface area (Å²) < 4.78 is 5.72. The fourth-order valence-electron chi connectivity index (χ4n) is 2.69. The predicted molar refractivity (Wildman–Crippen MR) is 114 cm³/mol. The van der Waals surface area contributed by atoms with Crippen molar-refractivity contribution in [2.75, 3.05) is 26.7 Å². The number of guanidine groups is 1. The van der Waals surface area contributed by atoms with Gasteiger partial charge in [-0.3, -0.25) is 9.79 Å². The van der Waals surface area contributed by atoms with Gasteiger partial charge in [0.25, 0.3) is 5.91 Å². The second kappa shape index (κ2) is 11.6. The zero-order valence-corrected chi connectivity index (χ0v) is 16.9. The third-order valence-electron chi connectivity index (χ3n) is 4.16. The molecule has 2 aromatic rings. The number of nitrogens with zero attached hydrogens (tertiary/aromatic N) is 1. The maximum Gasteiger partial charge on any atom is 0.251 e. The number of benzene rings is 2. The summed E-state index contributed by atoms with van der Waals surface area (Å²) >= 11 is 0. The lowest BCUT2D eigenvalue weighted by Gasteiger charge is -2.15. The van der Waals surface area contributed by atoms with E-state index in [1.165, 1.54) is 5.56 Å².